The molecule has 2 saturated carbocycles. The van der Waals surface area contributed by atoms with Crippen LogP contribution in [0.25, 0.3) is 0 Å². The smallest absolute Gasteiger partial charge is 0.0360 e. The third-order valence-electron chi connectivity index (χ3n) is 7.18. The predicted molar refractivity (Wildman–Crippen MR) is 90.3 cm³/mol. The van der Waals surface area contributed by atoms with Crippen LogP contribution in [0.4, 0.5) is 0 Å². The molecule has 2 unspecified atom stereocenters. The number of rotatable bonds is 2. The SMILES string of the molecule is CC1CC(C)(C)CCC1(CN)N1CCC[C@H]2CCCC[C@H]21. The molecule has 0 bridgehead atoms. The van der Waals surface area contributed by atoms with Crippen LogP contribution in [0, 0.1) is 17.3 Å². The highest BCUT2D eigenvalue weighted by Gasteiger charge is 2.50. The monoisotopic (exact) mass is 292 g/mol. The van der Waals surface area contributed by atoms with Crippen molar-refractivity contribution in [3.8, 4) is 0 Å². The van der Waals surface area contributed by atoms with Crippen molar-refractivity contribution in [2.45, 2.75) is 90.1 Å². The van der Waals surface area contributed by atoms with Crippen LogP contribution in [0.3, 0.4) is 0 Å². The van der Waals surface area contributed by atoms with Crippen LogP contribution in [-0.4, -0.2) is 29.6 Å². The fourth-order valence-electron chi connectivity index (χ4n) is 5.95. The molecule has 3 fully saturated rings. The van der Waals surface area contributed by atoms with Gasteiger partial charge in [0.05, 0.1) is 0 Å². The van der Waals surface area contributed by atoms with E-state index in [0.717, 1.165) is 24.4 Å². The summed E-state index contributed by atoms with van der Waals surface area (Å²) >= 11 is 0. The average Bonchev–Trinajstić information content (AvgIpc) is 2.47. The van der Waals surface area contributed by atoms with E-state index >= 15 is 0 Å². The fourth-order valence-corrected chi connectivity index (χ4v) is 5.95. The molecule has 0 aromatic rings. The van der Waals surface area contributed by atoms with Gasteiger partial charge in [-0.25, -0.2) is 0 Å². The zero-order valence-electron chi connectivity index (χ0n) is 14.5. The molecule has 0 aromatic heterocycles. The third kappa shape index (κ3) is 2.79. The molecule has 2 N–H and O–H groups in total. The van der Waals surface area contributed by atoms with Crippen LogP contribution in [0.15, 0.2) is 0 Å². The maximum absolute atomic E-state index is 6.43. The van der Waals surface area contributed by atoms with Crippen LogP contribution in [-0.2, 0) is 0 Å². The summed E-state index contributed by atoms with van der Waals surface area (Å²) < 4.78 is 0. The predicted octanol–water partition coefficient (Wildman–Crippen LogP) is 4.18. The Morgan fingerprint density at radius 1 is 1.05 bits per heavy atom. The highest BCUT2D eigenvalue weighted by Crippen LogP contribution is 2.49. The average molecular weight is 293 g/mol. The number of hydrogen-bond donors (Lipinski definition) is 1. The standard InChI is InChI=1S/C19H36N2/c1-15-13-18(2,3)10-11-19(15,14-20)21-12-6-8-16-7-4-5-9-17(16)21/h15-17H,4-14,20H2,1-3H3/t15?,16-,17-,19?/m1/s1. The summed E-state index contributed by atoms with van der Waals surface area (Å²) in [6.45, 7) is 9.56. The Kier molecular flexibility index (Phi) is 4.40. The molecule has 3 aliphatic rings. The summed E-state index contributed by atoms with van der Waals surface area (Å²) in [4.78, 5) is 2.93. The van der Waals surface area contributed by atoms with Crippen LogP contribution in [0.1, 0.15) is 78.6 Å². The Balaban J connectivity index is 1.84. The topological polar surface area (TPSA) is 29.3 Å². The molecule has 2 heteroatoms. The van der Waals surface area contributed by atoms with Crippen molar-refractivity contribution in [1.82, 2.24) is 4.90 Å². The third-order valence-corrected chi connectivity index (χ3v) is 7.18. The Hall–Kier alpha value is -0.0800. The molecule has 1 aliphatic heterocycles. The van der Waals surface area contributed by atoms with E-state index in [1.165, 1.54) is 64.3 Å². The second kappa shape index (κ2) is 5.85. The fraction of sp³-hybridized carbons (Fsp3) is 1.00. The number of fused-ring (bicyclic) bond motifs is 1. The summed E-state index contributed by atoms with van der Waals surface area (Å²) in [7, 11) is 0. The quantitative estimate of drug-likeness (QED) is 0.827. The van der Waals surface area contributed by atoms with Gasteiger partial charge in [0.15, 0.2) is 0 Å². The molecular weight excluding hydrogens is 256 g/mol. The Labute approximate surface area is 131 Å². The zero-order valence-corrected chi connectivity index (χ0v) is 14.5. The minimum atomic E-state index is 0.302. The Bertz CT molecular complexity index is 363. The molecule has 21 heavy (non-hydrogen) atoms. The van der Waals surface area contributed by atoms with Gasteiger partial charge in [-0.2, -0.15) is 0 Å². The van der Waals surface area contributed by atoms with E-state index in [0.29, 0.717) is 11.0 Å². The lowest BCUT2D eigenvalue weighted by atomic mass is 9.61. The van der Waals surface area contributed by atoms with Crippen LogP contribution < -0.4 is 5.73 Å². The maximum atomic E-state index is 6.43. The summed E-state index contributed by atoms with van der Waals surface area (Å²) in [5.74, 6) is 1.71. The first-order chi connectivity index (χ1) is 9.98. The molecule has 1 saturated heterocycles. The maximum Gasteiger partial charge on any atom is 0.0360 e. The van der Waals surface area contributed by atoms with Crippen molar-refractivity contribution in [3.05, 3.63) is 0 Å². The van der Waals surface area contributed by atoms with Gasteiger partial charge in [-0.3, -0.25) is 4.90 Å². The highest BCUT2D eigenvalue weighted by atomic mass is 15.3. The molecule has 2 nitrogen and oxygen atoms in total. The number of piperidine rings is 1. The molecular formula is C19H36N2. The van der Waals surface area contributed by atoms with Crippen LogP contribution in [0.2, 0.25) is 0 Å². The second-order valence-electron chi connectivity index (χ2n) is 9.02. The van der Waals surface area contributed by atoms with Crippen molar-refractivity contribution < 1.29 is 0 Å². The van der Waals surface area contributed by atoms with Gasteiger partial charge in [0.25, 0.3) is 0 Å². The van der Waals surface area contributed by atoms with Crippen molar-refractivity contribution >= 4 is 0 Å². The van der Waals surface area contributed by atoms with E-state index in [4.69, 9.17) is 5.73 Å². The normalized spacial score (nSPS) is 44.3. The number of nitrogens with zero attached hydrogens (tertiary/aromatic N) is 1. The number of likely N-dealkylation sites (tertiary alicyclic amines) is 1. The molecule has 122 valence electrons. The Morgan fingerprint density at radius 2 is 1.76 bits per heavy atom. The lowest BCUT2D eigenvalue weighted by Gasteiger charge is -2.59. The lowest BCUT2D eigenvalue weighted by Crippen LogP contribution is -2.66. The van der Waals surface area contributed by atoms with Gasteiger partial charge < -0.3 is 5.73 Å². The van der Waals surface area contributed by atoms with E-state index in [9.17, 15) is 0 Å². The second-order valence-corrected chi connectivity index (χ2v) is 9.02. The van der Waals surface area contributed by atoms with Crippen molar-refractivity contribution in [2.75, 3.05) is 13.1 Å². The van der Waals surface area contributed by atoms with Gasteiger partial charge >= 0.3 is 0 Å². The minimum absolute atomic E-state index is 0.302. The van der Waals surface area contributed by atoms with Crippen molar-refractivity contribution in [1.29, 1.82) is 0 Å². The first-order valence-electron chi connectivity index (χ1n) is 9.45. The molecule has 3 rings (SSSR count). The number of nitrogens with two attached hydrogens (primary N) is 1. The van der Waals surface area contributed by atoms with Crippen molar-refractivity contribution in [2.24, 2.45) is 23.0 Å². The van der Waals surface area contributed by atoms with E-state index < -0.39 is 0 Å². The van der Waals surface area contributed by atoms with Crippen molar-refractivity contribution in [3.63, 3.8) is 0 Å². The molecule has 2 aliphatic carbocycles. The van der Waals surface area contributed by atoms with Gasteiger partial charge in [-0.15, -0.1) is 0 Å². The summed E-state index contributed by atoms with van der Waals surface area (Å²) in [6, 6.07) is 0.847. The molecule has 0 amide bonds. The first-order valence-corrected chi connectivity index (χ1v) is 9.45. The summed E-state index contributed by atoms with van der Waals surface area (Å²) in [6.07, 6.45) is 12.7. The van der Waals surface area contributed by atoms with Gasteiger partial charge in [0.1, 0.15) is 0 Å². The molecule has 0 radical (unpaired) electrons. The summed E-state index contributed by atoms with van der Waals surface area (Å²) in [5, 5.41) is 0. The highest BCUT2D eigenvalue weighted by molar-refractivity contribution is 5.06. The molecule has 4 atom stereocenters. The number of hydrogen-bond acceptors (Lipinski definition) is 2. The molecule has 1 heterocycles. The largest absolute Gasteiger partial charge is 0.329 e. The van der Waals surface area contributed by atoms with Gasteiger partial charge in [-0.1, -0.05) is 33.6 Å². The van der Waals surface area contributed by atoms with Gasteiger partial charge in [0, 0.05) is 18.1 Å². The Morgan fingerprint density at radius 3 is 2.48 bits per heavy atom. The molecule has 0 spiro atoms. The van der Waals surface area contributed by atoms with Crippen LogP contribution in [0.5, 0.6) is 0 Å². The molecule has 0 aromatic carbocycles. The summed E-state index contributed by atoms with van der Waals surface area (Å²) in [5.41, 5.74) is 7.24. The minimum Gasteiger partial charge on any atom is -0.329 e. The lowest BCUT2D eigenvalue weighted by molar-refractivity contribution is -0.0852. The van der Waals surface area contributed by atoms with E-state index in [1.807, 2.05) is 0 Å². The van der Waals surface area contributed by atoms with E-state index in [-0.39, 0.29) is 0 Å². The van der Waals surface area contributed by atoms with Gasteiger partial charge in [0.2, 0.25) is 0 Å². The van der Waals surface area contributed by atoms with Gasteiger partial charge in [-0.05, 0) is 68.7 Å². The van der Waals surface area contributed by atoms with Crippen LogP contribution >= 0.6 is 0 Å². The zero-order chi connectivity index (χ0) is 15.1. The van der Waals surface area contributed by atoms with E-state index in [2.05, 4.69) is 25.7 Å². The van der Waals surface area contributed by atoms with E-state index in [1.54, 1.807) is 0 Å². The first kappa shape index (κ1) is 15.8.